The first kappa shape index (κ1) is 14.6. The maximum atomic E-state index is 11.9. The molecule has 3 N–H and O–H groups in total. The molecule has 2 rings (SSSR count). The van der Waals surface area contributed by atoms with E-state index in [9.17, 15) is 9.59 Å². The fourth-order valence-electron chi connectivity index (χ4n) is 2.13. The topological polar surface area (TPSA) is 75.4 Å². The Morgan fingerprint density at radius 3 is 2.80 bits per heavy atom. The average Bonchev–Trinajstić information content (AvgIpc) is 2.36. The number of nitrogens with two attached hydrogens (primary N) is 1. The number of hydrogen-bond donors (Lipinski definition) is 2. The molecule has 5 nitrogen and oxygen atoms in total. The molecule has 2 amide bonds. The van der Waals surface area contributed by atoms with Gasteiger partial charge in [-0.3, -0.25) is 19.8 Å². The molecule has 1 aromatic rings. The van der Waals surface area contributed by atoms with Gasteiger partial charge in [-0.15, -0.1) is 0 Å². The van der Waals surface area contributed by atoms with E-state index in [-0.39, 0.29) is 18.4 Å². The Kier molecular flexibility index (Phi) is 3.87. The Hall–Kier alpha value is -1.79. The van der Waals surface area contributed by atoms with E-state index in [0.29, 0.717) is 11.5 Å². The van der Waals surface area contributed by atoms with Gasteiger partial charge in [0.15, 0.2) is 0 Å². The van der Waals surface area contributed by atoms with Crippen LogP contribution in [0.2, 0.25) is 0 Å². The molecule has 1 fully saturated rings. The normalized spacial score (nSPS) is 18.7. The molecule has 1 aromatic carbocycles. The summed E-state index contributed by atoms with van der Waals surface area (Å²) in [4.78, 5) is 25.6. The molecular formula is C14H17N3O2S. The summed E-state index contributed by atoms with van der Waals surface area (Å²) in [6, 6.07) is 7.51. The molecule has 0 bridgehead atoms. The summed E-state index contributed by atoms with van der Waals surface area (Å²) < 4.78 is 0. The van der Waals surface area contributed by atoms with Crippen LogP contribution in [0.15, 0.2) is 24.3 Å². The maximum Gasteiger partial charge on any atom is 0.246 e. The van der Waals surface area contributed by atoms with E-state index in [0.717, 1.165) is 11.1 Å². The highest BCUT2D eigenvalue weighted by molar-refractivity contribution is 7.80. The number of amides is 2. The van der Waals surface area contributed by atoms with Gasteiger partial charge in [0.1, 0.15) is 4.99 Å². The van der Waals surface area contributed by atoms with Crippen molar-refractivity contribution in [2.24, 2.45) is 5.73 Å². The van der Waals surface area contributed by atoms with Gasteiger partial charge < -0.3 is 5.73 Å². The van der Waals surface area contributed by atoms with Gasteiger partial charge in [0.2, 0.25) is 11.8 Å². The Morgan fingerprint density at radius 1 is 1.45 bits per heavy atom. The van der Waals surface area contributed by atoms with Crippen LogP contribution in [-0.4, -0.2) is 33.8 Å². The first-order chi connectivity index (χ1) is 9.30. The third-order valence-electron chi connectivity index (χ3n) is 3.52. The van der Waals surface area contributed by atoms with Gasteiger partial charge >= 0.3 is 0 Å². The summed E-state index contributed by atoms with van der Waals surface area (Å²) >= 11 is 4.95. The van der Waals surface area contributed by atoms with Crippen molar-refractivity contribution in [3.63, 3.8) is 0 Å². The fourth-order valence-corrected chi connectivity index (χ4v) is 2.26. The van der Waals surface area contributed by atoms with E-state index in [1.54, 1.807) is 13.8 Å². The van der Waals surface area contributed by atoms with Crippen LogP contribution < -0.4 is 11.1 Å². The van der Waals surface area contributed by atoms with Crippen molar-refractivity contribution in [2.75, 3.05) is 6.54 Å². The molecule has 106 valence electrons. The van der Waals surface area contributed by atoms with Crippen molar-refractivity contribution in [3.05, 3.63) is 35.4 Å². The molecule has 0 aromatic heterocycles. The first-order valence-corrected chi connectivity index (χ1v) is 6.69. The number of benzene rings is 1. The van der Waals surface area contributed by atoms with Crippen molar-refractivity contribution in [1.29, 1.82) is 0 Å². The molecule has 0 spiro atoms. The molecule has 6 heteroatoms. The monoisotopic (exact) mass is 291 g/mol. The highest BCUT2D eigenvalue weighted by Gasteiger charge is 2.40. The Labute approximate surface area is 123 Å². The lowest BCUT2D eigenvalue weighted by Crippen LogP contribution is -2.63. The van der Waals surface area contributed by atoms with Crippen molar-refractivity contribution in [3.8, 4) is 0 Å². The molecule has 0 saturated carbocycles. The van der Waals surface area contributed by atoms with E-state index in [4.69, 9.17) is 18.0 Å². The quantitative estimate of drug-likeness (QED) is 0.628. The number of hydrogen-bond acceptors (Lipinski definition) is 4. The minimum Gasteiger partial charge on any atom is -0.389 e. The van der Waals surface area contributed by atoms with Gasteiger partial charge in [-0.2, -0.15) is 0 Å². The Bertz CT molecular complexity index is 584. The third kappa shape index (κ3) is 2.86. The number of nitrogens with zero attached hydrogens (tertiary/aromatic N) is 1. The minimum absolute atomic E-state index is 0.191. The summed E-state index contributed by atoms with van der Waals surface area (Å²) in [6.07, 6.45) is 0. The number of piperazine rings is 1. The van der Waals surface area contributed by atoms with E-state index in [1.165, 1.54) is 0 Å². The number of nitrogens with one attached hydrogen (secondary N) is 1. The summed E-state index contributed by atoms with van der Waals surface area (Å²) in [5.74, 6) is -0.556. The SMILES string of the molecule is CC1(C)C(=O)NC(=O)CN1Cc1cccc(C(N)=S)c1. The number of imide groups is 1. The molecule has 1 aliphatic heterocycles. The van der Waals surface area contributed by atoms with E-state index >= 15 is 0 Å². The van der Waals surface area contributed by atoms with Crippen molar-refractivity contribution in [2.45, 2.75) is 25.9 Å². The lowest BCUT2D eigenvalue weighted by Gasteiger charge is -2.40. The van der Waals surface area contributed by atoms with Gasteiger partial charge in [-0.05, 0) is 25.5 Å². The third-order valence-corrected chi connectivity index (χ3v) is 3.75. The van der Waals surface area contributed by atoms with Crippen LogP contribution in [0.1, 0.15) is 25.0 Å². The van der Waals surface area contributed by atoms with Gasteiger partial charge in [0, 0.05) is 12.1 Å². The summed E-state index contributed by atoms with van der Waals surface area (Å²) in [5.41, 5.74) is 6.63. The zero-order chi connectivity index (χ0) is 14.9. The lowest BCUT2D eigenvalue weighted by molar-refractivity contribution is -0.145. The van der Waals surface area contributed by atoms with Crippen LogP contribution in [0, 0.1) is 0 Å². The molecule has 20 heavy (non-hydrogen) atoms. The van der Waals surface area contributed by atoms with E-state index in [1.807, 2.05) is 29.2 Å². The van der Waals surface area contributed by atoms with Gasteiger partial charge in [-0.25, -0.2) is 0 Å². The van der Waals surface area contributed by atoms with Crippen LogP contribution in [0.5, 0.6) is 0 Å². The van der Waals surface area contributed by atoms with E-state index < -0.39 is 5.54 Å². The minimum atomic E-state index is -0.729. The molecule has 0 aliphatic carbocycles. The second-order valence-electron chi connectivity index (χ2n) is 5.36. The van der Waals surface area contributed by atoms with Crippen molar-refractivity contribution < 1.29 is 9.59 Å². The number of rotatable bonds is 3. The van der Waals surface area contributed by atoms with Crippen LogP contribution in [0.4, 0.5) is 0 Å². The van der Waals surface area contributed by atoms with Crippen LogP contribution in [0.25, 0.3) is 0 Å². The maximum absolute atomic E-state index is 11.9. The molecule has 1 saturated heterocycles. The average molecular weight is 291 g/mol. The first-order valence-electron chi connectivity index (χ1n) is 6.29. The van der Waals surface area contributed by atoms with Gasteiger partial charge in [-0.1, -0.05) is 30.4 Å². The summed E-state index contributed by atoms with van der Waals surface area (Å²) in [6.45, 7) is 4.27. The molecule has 0 radical (unpaired) electrons. The lowest BCUT2D eigenvalue weighted by atomic mass is 9.97. The summed E-state index contributed by atoms with van der Waals surface area (Å²) in [7, 11) is 0. The highest BCUT2D eigenvalue weighted by atomic mass is 32.1. The largest absolute Gasteiger partial charge is 0.389 e. The summed E-state index contributed by atoms with van der Waals surface area (Å²) in [5, 5.41) is 2.35. The Balaban J connectivity index is 2.24. The van der Waals surface area contributed by atoms with Crippen LogP contribution in [-0.2, 0) is 16.1 Å². The predicted molar refractivity (Wildman–Crippen MR) is 80.0 cm³/mol. The zero-order valence-electron chi connectivity index (χ0n) is 11.5. The van der Waals surface area contributed by atoms with Crippen molar-refractivity contribution >= 4 is 29.0 Å². The second kappa shape index (κ2) is 5.30. The molecule has 0 atom stereocenters. The smallest absolute Gasteiger partial charge is 0.246 e. The molecule has 1 aliphatic rings. The van der Waals surface area contributed by atoms with Crippen molar-refractivity contribution in [1.82, 2.24) is 10.2 Å². The number of thiocarbonyl (C=S) groups is 1. The van der Waals surface area contributed by atoms with Crippen LogP contribution >= 0.6 is 12.2 Å². The second-order valence-corrected chi connectivity index (χ2v) is 5.80. The predicted octanol–water partition coefficient (Wildman–Crippen LogP) is 0.558. The van der Waals surface area contributed by atoms with Gasteiger partial charge in [0.05, 0.1) is 12.1 Å². The highest BCUT2D eigenvalue weighted by Crippen LogP contribution is 2.21. The standard InChI is InChI=1S/C14H17N3O2S/c1-14(2)13(19)16-11(18)8-17(14)7-9-4-3-5-10(6-9)12(15)20/h3-6H,7-8H2,1-2H3,(H2,15,20)(H,16,18,19). The molecule has 1 heterocycles. The molecular weight excluding hydrogens is 274 g/mol. The van der Waals surface area contributed by atoms with Crippen LogP contribution in [0.3, 0.4) is 0 Å². The fraction of sp³-hybridized carbons (Fsp3) is 0.357. The number of carbonyl (C=O) groups is 2. The zero-order valence-corrected chi connectivity index (χ0v) is 12.3. The van der Waals surface area contributed by atoms with Gasteiger partial charge in [0.25, 0.3) is 0 Å². The van der Waals surface area contributed by atoms with E-state index in [2.05, 4.69) is 5.32 Å². The molecule has 0 unspecified atom stereocenters. The Morgan fingerprint density at radius 2 is 2.15 bits per heavy atom. The number of carbonyl (C=O) groups excluding carboxylic acids is 2.